The Bertz CT molecular complexity index is 553. The fourth-order valence-corrected chi connectivity index (χ4v) is 2.57. The van der Waals surface area contributed by atoms with Crippen LogP contribution in [0, 0.1) is 0 Å². The van der Waals surface area contributed by atoms with E-state index in [2.05, 4.69) is 0 Å². The van der Waals surface area contributed by atoms with E-state index in [0.717, 1.165) is 10.4 Å². The maximum atomic E-state index is 12.0. The predicted molar refractivity (Wildman–Crippen MR) is 65.4 cm³/mol. The first-order valence-electron chi connectivity index (χ1n) is 5.22. The second-order valence-electron chi connectivity index (χ2n) is 3.59. The van der Waals surface area contributed by atoms with E-state index in [-0.39, 0.29) is 16.2 Å². The highest BCUT2D eigenvalue weighted by Gasteiger charge is 2.22. The van der Waals surface area contributed by atoms with Gasteiger partial charge in [0.2, 0.25) is 10.0 Å². The van der Waals surface area contributed by atoms with Crippen LogP contribution in [0.4, 0.5) is 0 Å². The number of hydrogen-bond acceptors (Lipinski definition) is 4. The molecule has 1 N–H and O–H groups in total. The third kappa shape index (κ3) is 2.62. The van der Waals surface area contributed by atoms with Gasteiger partial charge in [0.15, 0.2) is 0 Å². The van der Waals surface area contributed by atoms with Gasteiger partial charge < -0.3 is 9.84 Å². The summed E-state index contributed by atoms with van der Waals surface area (Å²) >= 11 is 0. The average Bonchev–Trinajstić information content (AvgIpc) is 2.36. The topological polar surface area (TPSA) is 83.9 Å². The first-order valence-corrected chi connectivity index (χ1v) is 6.66. The Hall–Kier alpha value is -1.60. The summed E-state index contributed by atoms with van der Waals surface area (Å²) in [7, 11) is -0.898. The lowest BCUT2D eigenvalue weighted by atomic mass is 10.2. The van der Waals surface area contributed by atoms with Crippen LogP contribution in [0.1, 0.15) is 17.3 Å². The first kappa shape index (κ1) is 14.5. The number of nitrogens with zero attached hydrogens (tertiary/aromatic N) is 1. The van der Waals surface area contributed by atoms with E-state index in [9.17, 15) is 13.2 Å². The molecule has 0 heterocycles. The van der Waals surface area contributed by atoms with Crippen molar-refractivity contribution < 1.29 is 23.1 Å². The zero-order valence-corrected chi connectivity index (χ0v) is 11.2. The zero-order valence-electron chi connectivity index (χ0n) is 10.4. The minimum atomic E-state index is -3.66. The van der Waals surface area contributed by atoms with Gasteiger partial charge >= 0.3 is 5.97 Å². The lowest BCUT2D eigenvalue weighted by molar-refractivity contribution is 0.0693. The lowest BCUT2D eigenvalue weighted by Crippen LogP contribution is -2.26. The lowest BCUT2D eigenvalue weighted by Gasteiger charge is -2.15. The molecule has 0 fully saturated rings. The van der Waals surface area contributed by atoms with Crippen LogP contribution in [0.2, 0.25) is 0 Å². The van der Waals surface area contributed by atoms with Gasteiger partial charge in [-0.25, -0.2) is 17.5 Å². The number of aromatic carboxylic acids is 1. The Morgan fingerprint density at radius 1 is 1.44 bits per heavy atom. The molecule has 0 unspecified atom stereocenters. The summed E-state index contributed by atoms with van der Waals surface area (Å²) in [6.07, 6.45) is 0. The summed E-state index contributed by atoms with van der Waals surface area (Å²) in [6, 6.07) is 3.76. The van der Waals surface area contributed by atoms with Crippen molar-refractivity contribution in [3.05, 3.63) is 23.8 Å². The zero-order chi connectivity index (χ0) is 13.9. The Morgan fingerprint density at radius 3 is 2.50 bits per heavy atom. The SMILES string of the molecule is CCN(C)S(=O)(=O)c1ccc(OC)c(C(=O)O)c1. The van der Waals surface area contributed by atoms with Crippen LogP contribution in [0.5, 0.6) is 5.75 Å². The van der Waals surface area contributed by atoms with Gasteiger partial charge in [-0.1, -0.05) is 6.92 Å². The smallest absolute Gasteiger partial charge is 0.339 e. The van der Waals surface area contributed by atoms with Gasteiger partial charge in [-0.15, -0.1) is 0 Å². The molecule has 0 saturated heterocycles. The fraction of sp³-hybridized carbons (Fsp3) is 0.364. The van der Waals surface area contributed by atoms with E-state index in [4.69, 9.17) is 9.84 Å². The Labute approximate surface area is 106 Å². The Kier molecular flexibility index (Phi) is 4.31. The van der Waals surface area contributed by atoms with Crippen LogP contribution in [0.25, 0.3) is 0 Å². The number of sulfonamides is 1. The molecule has 0 atom stereocenters. The van der Waals surface area contributed by atoms with Gasteiger partial charge in [0.25, 0.3) is 0 Å². The van der Waals surface area contributed by atoms with Gasteiger partial charge in [0.05, 0.1) is 12.0 Å². The predicted octanol–water partition coefficient (Wildman–Crippen LogP) is 1.03. The van der Waals surface area contributed by atoms with Gasteiger partial charge in [-0.2, -0.15) is 0 Å². The minimum absolute atomic E-state index is 0.0648. The Balaban J connectivity index is 3.37. The molecule has 1 aromatic rings. The van der Waals surface area contributed by atoms with Gasteiger partial charge in [0, 0.05) is 13.6 Å². The third-order valence-electron chi connectivity index (χ3n) is 2.55. The molecule has 0 spiro atoms. The quantitative estimate of drug-likeness (QED) is 0.866. The average molecular weight is 273 g/mol. The molecule has 1 rings (SSSR count). The van der Waals surface area contributed by atoms with Crippen LogP contribution in [-0.2, 0) is 10.0 Å². The number of rotatable bonds is 5. The van der Waals surface area contributed by atoms with E-state index in [1.165, 1.54) is 26.3 Å². The number of hydrogen-bond donors (Lipinski definition) is 1. The molecule has 100 valence electrons. The van der Waals surface area contributed by atoms with Crippen LogP contribution >= 0.6 is 0 Å². The van der Waals surface area contributed by atoms with Crippen LogP contribution in [-0.4, -0.2) is 44.5 Å². The normalized spacial score (nSPS) is 11.6. The third-order valence-corrected chi connectivity index (χ3v) is 4.48. The van der Waals surface area contributed by atoms with E-state index < -0.39 is 16.0 Å². The van der Waals surface area contributed by atoms with Crippen molar-refractivity contribution in [1.29, 1.82) is 0 Å². The van der Waals surface area contributed by atoms with E-state index in [1.54, 1.807) is 6.92 Å². The summed E-state index contributed by atoms with van der Waals surface area (Å²) in [5.41, 5.74) is -0.178. The molecular formula is C11H15NO5S. The molecule has 0 amide bonds. The largest absolute Gasteiger partial charge is 0.496 e. The summed E-state index contributed by atoms with van der Waals surface area (Å²) in [5, 5.41) is 8.99. The molecule has 0 saturated carbocycles. The van der Waals surface area contributed by atoms with Crippen molar-refractivity contribution in [2.45, 2.75) is 11.8 Å². The van der Waals surface area contributed by atoms with Gasteiger partial charge in [-0.05, 0) is 18.2 Å². The van der Waals surface area contributed by atoms with Crippen molar-refractivity contribution in [2.24, 2.45) is 0 Å². The molecule has 7 heteroatoms. The second-order valence-corrected chi connectivity index (χ2v) is 5.63. The number of carbonyl (C=O) groups is 1. The molecule has 0 aliphatic heterocycles. The van der Waals surface area contributed by atoms with Crippen LogP contribution in [0.3, 0.4) is 0 Å². The number of benzene rings is 1. The highest BCUT2D eigenvalue weighted by atomic mass is 32.2. The molecule has 0 aromatic heterocycles. The molecule has 18 heavy (non-hydrogen) atoms. The van der Waals surface area contributed by atoms with Crippen molar-refractivity contribution in [3.8, 4) is 5.75 Å². The van der Waals surface area contributed by atoms with Crippen molar-refractivity contribution in [1.82, 2.24) is 4.31 Å². The van der Waals surface area contributed by atoms with Gasteiger partial charge in [0.1, 0.15) is 11.3 Å². The van der Waals surface area contributed by atoms with E-state index in [1.807, 2.05) is 0 Å². The number of carboxylic acid groups (broad SMARTS) is 1. The highest BCUT2D eigenvalue weighted by molar-refractivity contribution is 7.89. The molecule has 6 nitrogen and oxygen atoms in total. The minimum Gasteiger partial charge on any atom is -0.496 e. The van der Waals surface area contributed by atoms with Crippen molar-refractivity contribution in [3.63, 3.8) is 0 Å². The summed E-state index contributed by atoms with van der Waals surface area (Å²) in [5.74, 6) is -1.11. The van der Waals surface area contributed by atoms with E-state index >= 15 is 0 Å². The standard InChI is InChI=1S/C11H15NO5S/c1-4-12(2)18(15,16)8-5-6-10(17-3)9(7-8)11(13)14/h5-7H,4H2,1-3H3,(H,13,14). The number of carboxylic acids is 1. The van der Waals surface area contributed by atoms with Crippen LogP contribution < -0.4 is 4.74 Å². The van der Waals surface area contributed by atoms with E-state index in [0.29, 0.717) is 6.54 Å². The van der Waals surface area contributed by atoms with Crippen LogP contribution in [0.15, 0.2) is 23.1 Å². The fourth-order valence-electron chi connectivity index (χ4n) is 1.36. The molecule has 1 aromatic carbocycles. The molecule has 0 aliphatic rings. The number of methoxy groups -OCH3 is 1. The molecular weight excluding hydrogens is 258 g/mol. The van der Waals surface area contributed by atoms with Crippen molar-refractivity contribution >= 4 is 16.0 Å². The molecule has 0 bridgehead atoms. The van der Waals surface area contributed by atoms with Gasteiger partial charge in [-0.3, -0.25) is 0 Å². The maximum absolute atomic E-state index is 12.0. The van der Waals surface area contributed by atoms with Crippen molar-refractivity contribution in [2.75, 3.05) is 20.7 Å². The number of ether oxygens (including phenoxy) is 1. The summed E-state index contributed by atoms with van der Waals surface area (Å²) in [6.45, 7) is 2.00. The molecule has 0 aliphatic carbocycles. The summed E-state index contributed by atoms with van der Waals surface area (Å²) in [4.78, 5) is 10.9. The first-order chi connectivity index (χ1) is 8.34. The monoisotopic (exact) mass is 273 g/mol. The maximum Gasteiger partial charge on any atom is 0.339 e. The highest BCUT2D eigenvalue weighted by Crippen LogP contribution is 2.24. The molecule has 0 radical (unpaired) electrons. The Morgan fingerprint density at radius 2 is 2.06 bits per heavy atom. The summed E-state index contributed by atoms with van der Waals surface area (Å²) < 4.78 is 30.1. The second kappa shape index (κ2) is 5.36.